The Morgan fingerprint density at radius 2 is 2.21 bits per heavy atom. The van der Waals surface area contributed by atoms with Crippen LogP contribution in [0, 0.1) is 17.2 Å². The summed E-state index contributed by atoms with van der Waals surface area (Å²) in [5.74, 6) is 1.07. The van der Waals surface area contributed by atoms with E-state index in [0.717, 1.165) is 13.1 Å². The van der Waals surface area contributed by atoms with E-state index in [1.54, 1.807) is 0 Å². The summed E-state index contributed by atoms with van der Waals surface area (Å²) in [7, 11) is 0. The lowest BCUT2D eigenvalue weighted by Gasteiger charge is -2.20. The molecule has 0 radical (unpaired) electrons. The van der Waals surface area contributed by atoms with Crippen LogP contribution >= 0.6 is 0 Å². The van der Waals surface area contributed by atoms with Crippen LogP contribution in [-0.2, 0) is 0 Å². The lowest BCUT2D eigenvalue weighted by Crippen LogP contribution is -2.38. The highest BCUT2D eigenvalue weighted by atomic mass is 15.2. The summed E-state index contributed by atoms with van der Waals surface area (Å²) in [5.41, 5.74) is 5.78. The van der Waals surface area contributed by atoms with Crippen LogP contribution in [0.5, 0.6) is 0 Å². The molecule has 0 spiro atoms. The first-order valence-corrected chi connectivity index (χ1v) is 5.03. The van der Waals surface area contributed by atoms with Crippen molar-refractivity contribution in [2.24, 2.45) is 16.6 Å². The van der Waals surface area contributed by atoms with Gasteiger partial charge in [0.05, 0.1) is 12.5 Å². The van der Waals surface area contributed by atoms with E-state index >= 15 is 0 Å². The van der Waals surface area contributed by atoms with E-state index in [1.807, 2.05) is 11.8 Å². The van der Waals surface area contributed by atoms with Crippen LogP contribution in [0.15, 0.2) is 4.99 Å². The second kappa shape index (κ2) is 7.19. The number of nitrogens with zero attached hydrogens (tertiary/aromatic N) is 3. The molecule has 4 nitrogen and oxygen atoms in total. The highest BCUT2D eigenvalue weighted by molar-refractivity contribution is 5.78. The zero-order valence-corrected chi connectivity index (χ0v) is 9.32. The smallest absolute Gasteiger partial charge is 0.191 e. The molecule has 0 aromatic rings. The average molecular weight is 196 g/mol. The van der Waals surface area contributed by atoms with Gasteiger partial charge in [0, 0.05) is 19.6 Å². The van der Waals surface area contributed by atoms with E-state index in [-0.39, 0.29) is 0 Å². The first kappa shape index (κ1) is 12.8. The molecule has 80 valence electrons. The van der Waals surface area contributed by atoms with Crippen molar-refractivity contribution in [3.05, 3.63) is 0 Å². The molecule has 0 bridgehead atoms. The maximum absolute atomic E-state index is 8.45. The minimum atomic E-state index is 0.492. The summed E-state index contributed by atoms with van der Waals surface area (Å²) in [6.07, 6.45) is 0.492. The van der Waals surface area contributed by atoms with Gasteiger partial charge in [0.1, 0.15) is 0 Å². The van der Waals surface area contributed by atoms with E-state index in [4.69, 9.17) is 11.0 Å². The van der Waals surface area contributed by atoms with Gasteiger partial charge in [-0.1, -0.05) is 13.8 Å². The van der Waals surface area contributed by atoms with Crippen molar-refractivity contribution in [2.75, 3.05) is 19.6 Å². The summed E-state index contributed by atoms with van der Waals surface area (Å²) in [6, 6.07) is 2.10. The zero-order chi connectivity index (χ0) is 11.0. The molecular weight excluding hydrogens is 176 g/mol. The van der Waals surface area contributed by atoms with Gasteiger partial charge in [-0.3, -0.25) is 4.99 Å². The fourth-order valence-corrected chi connectivity index (χ4v) is 0.996. The van der Waals surface area contributed by atoms with Gasteiger partial charge < -0.3 is 10.6 Å². The Hall–Kier alpha value is -1.24. The Morgan fingerprint density at radius 1 is 1.57 bits per heavy atom. The van der Waals surface area contributed by atoms with E-state index in [1.165, 1.54) is 0 Å². The Morgan fingerprint density at radius 3 is 2.64 bits per heavy atom. The standard InChI is InChI=1S/C10H20N4/c1-4-14(7-5-6-11)10(12)13-8-9(2)3/h9H,4-5,7-8H2,1-3H3,(H2,12,13). The van der Waals surface area contributed by atoms with Gasteiger partial charge in [0.15, 0.2) is 5.96 Å². The minimum Gasteiger partial charge on any atom is -0.370 e. The summed E-state index contributed by atoms with van der Waals surface area (Å²) in [4.78, 5) is 6.18. The second-order valence-electron chi connectivity index (χ2n) is 3.58. The Bertz CT molecular complexity index is 215. The van der Waals surface area contributed by atoms with Gasteiger partial charge in [-0.15, -0.1) is 0 Å². The number of nitrogens with two attached hydrogens (primary N) is 1. The van der Waals surface area contributed by atoms with Crippen LogP contribution < -0.4 is 5.73 Å². The number of aliphatic imine (C=N–C) groups is 1. The zero-order valence-electron chi connectivity index (χ0n) is 9.32. The van der Waals surface area contributed by atoms with Crippen molar-refractivity contribution in [3.8, 4) is 6.07 Å². The first-order chi connectivity index (χ1) is 6.61. The van der Waals surface area contributed by atoms with Crippen LogP contribution in [0.25, 0.3) is 0 Å². The molecule has 2 N–H and O–H groups in total. The SMILES string of the molecule is CCN(CCC#N)C(N)=NCC(C)C. The number of rotatable bonds is 5. The average Bonchev–Trinajstić information content (AvgIpc) is 2.16. The monoisotopic (exact) mass is 196 g/mol. The normalized spacial score (nSPS) is 11.5. The molecule has 14 heavy (non-hydrogen) atoms. The van der Waals surface area contributed by atoms with Crippen LogP contribution in [-0.4, -0.2) is 30.5 Å². The molecule has 0 rings (SSSR count). The Labute approximate surface area is 86.4 Å². The molecule has 0 atom stereocenters. The third kappa shape index (κ3) is 5.41. The maximum Gasteiger partial charge on any atom is 0.191 e. The summed E-state index contributed by atoms with van der Waals surface area (Å²) < 4.78 is 0. The molecule has 0 aliphatic rings. The molecule has 4 heteroatoms. The lowest BCUT2D eigenvalue weighted by molar-refractivity contribution is 0.442. The highest BCUT2D eigenvalue weighted by Gasteiger charge is 2.04. The van der Waals surface area contributed by atoms with Crippen molar-refractivity contribution in [2.45, 2.75) is 27.2 Å². The van der Waals surface area contributed by atoms with Gasteiger partial charge >= 0.3 is 0 Å². The fourth-order valence-electron chi connectivity index (χ4n) is 0.996. The third-order valence-electron chi connectivity index (χ3n) is 1.82. The molecular formula is C10H20N4. The van der Waals surface area contributed by atoms with Crippen molar-refractivity contribution in [1.29, 1.82) is 5.26 Å². The maximum atomic E-state index is 8.45. The van der Waals surface area contributed by atoms with Crippen LogP contribution in [0.1, 0.15) is 27.2 Å². The molecule has 0 aromatic carbocycles. The summed E-state index contributed by atoms with van der Waals surface area (Å²) in [6.45, 7) is 8.42. The van der Waals surface area contributed by atoms with Gasteiger partial charge in [-0.25, -0.2) is 0 Å². The number of hydrogen-bond acceptors (Lipinski definition) is 2. The molecule has 0 saturated heterocycles. The van der Waals surface area contributed by atoms with Gasteiger partial charge in [-0.05, 0) is 12.8 Å². The second-order valence-corrected chi connectivity index (χ2v) is 3.58. The van der Waals surface area contributed by atoms with Crippen molar-refractivity contribution >= 4 is 5.96 Å². The molecule has 0 aliphatic carbocycles. The van der Waals surface area contributed by atoms with Gasteiger partial charge in [0.2, 0.25) is 0 Å². The van der Waals surface area contributed by atoms with E-state index in [0.29, 0.717) is 24.8 Å². The predicted molar refractivity (Wildman–Crippen MR) is 58.8 cm³/mol. The number of nitriles is 1. The molecule has 0 aromatic heterocycles. The summed E-state index contributed by atoms with van der Waals surface area (Å²) in [5, 5.41) is 8.45. The fraction of sp³-hybridized carbons (Fsp3) is 0.800. The highest BCUT2D eigenvalue weighted by Crippen LogP contribution is 1.95. The van der Waals surface area contributed by atoms with Gasteiger partial charge in [-0.2, -0.15) is 5.26 Å². The molecule has 0 heterocycles. The molecule has 0 aliphatic heterocycles. The first-order valence-electron chi connectivity index (χ1n) is 5.03. The third-order valence-corrected chi connectivity index (χ3v) is 1.82. The van der Waals surface area contributed by atoms with E-state index in [9.17, 15) is 0 Å². The molecule has 0 unspecified atom stereocenters. The lowest BCUT2D eigenvalue weighted by atomic mass is 10.2. The molecule has 0 amide bonds. The largest absolute Gasteiger partial charge is 0.370 e. The summed E-state index contributed by atoms with van der Waals surface area (Å²) >= 11 is 0. The molecule has 0 fully saturated rings. The van der Waals surface area contributed by atoms with Crippen molar-refractivity contribution in [1.82, 2.24) is 4.90 Å². The van der Waals surface area contributed by atoms with E-state index < -0.39 is 0 Å². The Kier molecular flexibility index (Phi) is 6.55. The van der Waals surface area contributed by atoms with Crippen molar-refractivity contribution in [3.63, 3.8) is 0 Å². The minimum absolute atomic E-state index is 0.492. The van der Waals surface area contributed by atoms with Crippen LogP contribution in [0.3, 0.4) is 0 Å². The van der Waals surface area contributed by atoms with Crippen molar-refractivity contribution < 1.29 is 0 Å². The van der Waals surface area contributed by atoms with Crippen LogP contribution in [0.2, 0.25) is 0 Å². The van der Waals surface area contributed by atoms with Crippen LogP contribution in [0.4, 0.5) is 0 Å². The molecule has 0 saturated carbocycles. The number of hydrogen-bond donors (Lipinski definition) is 1. The topological polar surface area (TPSA) is 65.4 Å². The quantitative estimate of drug-likeness (QED) is 0.530. The van der Waals surface area contributed by atoms with Gasteiger partial charge in [0.25, 0.3) is 0 Å². The number of guanidine groups is 1. The van der Waals surface area contributed by atoms with E-state index in [2.05, 4.69) is 24.9 Å². The predicted octanol–water partition coefficient (Wildman–Crippen LogP) is 1.19. The Balaban J connectivity index is 4.09.